The fourth-order valence-corrected chi connectivity index (χ4v) is 2.16. The zero-order valence-electron chi connectivity index (χ0n) is 11.6. The predicted octanol–water partition coefficient (Wildman–Crippen LogP) is 1.48. The smallest absolute Gasteiger partial charge is 0.237 e. The normalized spacial score (nSPS) is 17.8. The molecular weight excluding hydrogens is 240 g/mol. The van der Waals surface area contributed by atoms with E-state index in [4.69, 9.17) is 10.5 Å². The van der Waals surface area contributed by atoms with Crippen molar-refractivity contribution in [3.63, 3.8) is 0 Å². The summed E-state index contributed by atoms with van der Waals surface area (Å²) in [6.07, 6.45) is 3.03. The van der Waals surface area contributed by atoms with E-state index >= 15 is 0 Å². The minimum atomic E-state index is -0.725. The van der Waals surface area contributed by atoms with Gasteiger partial charge in [0.1, 0.15) is 5.75 Å². The van der Waals surface area contributed by atoms with Gasteiger partial charge in [-0.15, -0.1) is 0 Å². The maximum absolute atomic E-state index is 11.8. The number of rotatable bonds is 7. The molecule has 0 aromatic heterocycles. The first-order valence-corrected chi connectivity index (χ1v) is 6.72. The molecule has 0 saturated heterocycles. The zero-order valence-corrected chi connectivity index (χ0v) is 11.6. The third-order valence-corrected chi connectivity index (χ3v) is 3.76. The molecule has 1 saturated carbocycles. The van der Waals surface area contributed by atoms with Crippen molar-refractivity contribution in [1.82, 2.24) is 5.32 Å². The van der Waals surface area contributed by atoms with E-state index in [1.165, 1.54) is 12.8 Å². The van der Waals surface area contributed by atoms with Crippen LogP contribution in [0.5, 0.6) is 5.75 Å². The van der Waals surface area contributed by atoms with Crippen molar-refractivity contribution in [2.24, 2.45) is 11.7 Å². The predicted molar refractivity (Wildman–Crippen MR) is 75.0 cm³/mol. The Balaban J connectivity index is 2.12. The minimum absolute atomic E-state index is 0.320. The molecule has 1 amide bonds. The van der Waals surface area contributed by atoms with Crippen LogP contribution in [-0.4, -0.2) is 25.1 Å². The Morgan fingerprint density at radius 2 is 2.16 bits per heavy atom. The number of ether oxygens (including phenoxy) is 1. The Labute approximate surface area is 114 Å². The standard InChI is InChI=1S/C15H22N2O2/c1-15(14(16)18,17-10-11-7-8-11)9-12-5-3-4-6-13(12)19-2/h3-6,11,17H,7-10H2,1-2H3,(H2,16,18). The first-order chi connectivity index (χ1) is 9.05. The SMILES string of the molecule is COc1ccccc1CC(C)(NCC1CC1)C(N)=O. The van der Waals surface area contributed by atoms with Crippen molar-refractivity contribution in [1.29, 1.82) is 0 Å². The van der Waals surface area contributed by atoms with Gasteiger partial charge in [-0.3, -0.25) is 4.79 Å². The topological polar surface area (TPSA) is 64.3 Å². The van der Waals surface area contributed by atoms with E-state index in [1.54, 1.807) is 7.11 Å². The second kappa shape index (κ2) is 5.61. The largest absolute Gasteiger partial charge is 0.496 e. The molecule has 3 N–H and O–H groups in total. The molecule has 4 nitrogen and oxygen atoms in total. The highest BCUT2D eigenvalue weighted by Crippen LogP contribution is 2.29. The van der Waals surface area contributed by atoms with Crippen LogP contribution in [0.1, 0.15) is 25.3 Å². The van der Waals surface area contributed by atoms with Gasteiger partial charge in [-0.05, 0) is 43.9 Å². The number of nitrogens with one attached hydrogen (secondary N) is 1. The van der Waals surface area contributed by atoms with Crippen molar-refractivity contribution in [3.8, 4) is 5.75 Å². The molecule has 1 aliphatic carbocycles. The highest BCUT2D eigenvalue weighted by molar-refractivity contribution is 5.84. The van der Waals surface area contributed by atoms with Crippen LogP contribution in [0.2, 0.25) is 0 Å². The molecule has 0 heterocycles. The summed E-state index contributed by atoms with van der Waals surface area (Å²) in [5.41, 5.74) is 5.84. The molecule has 104 valence electrons. The van der Waals surface area contributed by atoms with Gasteiger partial charge >= 0.3 is 0 Å². The fourth-order valence-electron chi connectivity index (χ4n) is 2.16. The summed E-state index contributed by atoms with van der Waals surface area (Å²) in [5.74, 6) is 1.18. The fraction of sp³-hybridized carbons (Fsp3) is 0.533. The molecule has 1 unspecified atom stereocenters. The van der Waals surface area contributed by atoms with Crippen molar-refractivity contribution in [2.75, 3.05) is 13.7 Å². The van der Waals surface area contributed by atoms with Crippen LogP contribution in [0.4, 0.5) is 0 Å². The number of methoxy groups -OCH3 is 1. The highest BCUT2D eigenvalue weighted by Gasteiger charge is 2.34. The first-order valence-electron chi connectivity index (χ1n) is 6.72. The molecule has 19 heavy (non-hydrogen) atoms. The number of carbonyl (C=O) groups is 1. The monoisotopic (exact) mass is 262 g/mol. The van der Waals surface area contributed by atoms with Gasteiger partial charge in [0, 0.05) is 6.42 Å². The minimum Gasteiger partial charge on any atom is -0.496 e. The Morgan fingerprint density at radius 3 is 2.74 bits per heavy atom. The molecule has 1 fully saturated rings. The first kappa shape index (κ1) is 13.9. The van der Waals surface area contributed by atoms with Crippen LogP contribution in [0.3, 0.4) is 0 Å². The average molecular weight is 262 g/mol. The number of nitrogens with two attached hydrogens (primary N) is 1. The number of hydrogen-bond donors (Lipinski definition) is 2. The Kier molecular flexibility index (Phi) is 4.10. The van der Waals surface area contributed by atoms with Gasteiger partial charge in [0.15, 0.2) is 0 Å². The van der Waals surface area contributed by atoms with Crippen molar-refractivity contribution in [3.05, 3.63) is 29.8 Å². The molecule has 0 spiro atoms. The van der Waals surface area contributed by atoms with Crippen LogP contribution in [0.25, 0.3) is 0 Å². The maximum atomic E-state index is 11.8. The van der Waals surface area contributed by atoms with Crippen LogP contribution in [0, 0.1) is 5.92 Å². The number of benzene rings is 1. The summed E-state index contributed by atoms with van der Waals surface area (Å²) in [6.45, 7) is 2.72. The van der Waals surface area contributed by atoms with Gasteiger partial charge in [-0.1, -0.05) is 18.2 Å². The highest BCUT2D eigenvalue weighted by atomic mass is 16.5. The second-order valence-corrected chi connectivity index (χ2v) is 5.51. The van der Waals surface area contributed by atoms with Crippen molar-refractivity contribution in [2.45, 2.75) is 31.7 Å². The summed E-state index contributed by atoms with van der Waals surface area (Å²) in [4.78, 5) is 11.8. The Morgan fingerprint density at radius 1 is 1.47 bits per heavy atom. The van der Waals surface area contributed by atoms with E-state index < -0.39 is 5.54 Å². The van der Waals surface area contributed by atoms with E-state index in [0.29, 0.717) is 12.3 Å². The number of carbonyl (C=O) groups excluding carboxylic acids is 1. The molecule has 2 rings (SSSR count). The van der Waals surface area contributed by atoms with E-state index in [2.05, 4.69) is 5.32 Å². The molecular formula is C15H22N2O2. The molecule has 1 aliphatic rings. The van der Waals surface area contributed by atoms with Gasteiger partial charge < -0.3 is 15.8 Å². The summed E-state index contributed by atoms with van der Waals surface area (Å²) in [7, 11) is 1.64. The van der Waals surface area contributed by atoms with Crippen LogP contribution < -0.4 is 15.8 Å². The molecule has 0 aliphatic heterocycles. The summed E-state index contributed by atoms with van der Waals surface area (Å²) >= 11 is 0. The lowest BCUT2D eigenvalue weighted by Gasteiger charge is -2.28. The number of para-hydroxylation sites is 1. The van der Waals surface area contributed by atoms with Crippen molar-refractivity contribution < 1.29 is 9.53 Å². The lowest BCUT2D eigenvalue weighted by atomic mass is 9.91. The Bertz CT molecular complexity index is 457. The van der Waals surface area contributed by atoms with E-state index in [0.717, 1.165) is 17.9 Å². The third kappa shape index (κ3) is 3.47. The molecule has 0 radical (unpaired) electrons. The van der Waals surface area contributed by atoms with E-state index in [1.807, 2.05) is 31.2 Å². The lowest BCUT2D eigenvalue weighted by molar-refractivity contribution is -0.123. The number of amides is 1. The molecule has 1 atom stereocenters. The van der Waals surface area contributed by atoms with Crippen molar-refractivity contribution >= 4 is 5.91 Å². The Hall–Kier alpha value is -1.55. The van der Waals surface area contributed by atoms with Crippen LogP contribution >= 0.6 is 0 Å². The van der Waals surface area contributed by atoms with Gasteiger partial charge in [0.2, 0.25) is 5.91 Å². The third-order valence-electron chi connectivity index (χ3n) is 3.76. The van der Waals surface area contributed by atoms with Gasteiger partial charge in [0.05, 0.1) is 12.6 Å². The zero-order chi connectivity index (χ0) is 13.9. The lowest BCUT2D eigenvalue weighted by Crippen LogP contribution is -2.55. The van der Waals surface area contributed by atoms with E-state index in [-0.39, 0.29) is 5.91 Å². The van der Waals surface area contributed by atoms with Gasteiger partial charge in [-0.25, -0.2) is 0 Å². The molecule has 1 aromatic rings. The van der Waals surface area contributed by atoms with Gasteiger partial charge in [0.25, 0.3) is 0 Å². The maximum Gasteiger partial charge on any atom is 0.237 e. The average Bonchev–Trinajstić information content (AvgIpc) is 3.21. The quantitative estimate of drug-likeness (QED) is 0.782. The van der Waals surface area contributed by atoms with Gasteiger partial charge in [-0.2, -0.15) is 0 Å². The van der Waals surface area contributed by atoms with E-state index in [9.17, 15) is 4.79 Å². The number of primary amides is 1. The number of hydrogen-bond acceptors (Lipinski definition) is 3. The summed E-state index contributed by atoms with van der Waals surface area (Å²) < 4.78 is 5.33. The summed E-state index contributed by atoms with van der Waals surface area (Å²) in [5, 5.41) is 3.33. The summed E-state index contributed by atoms with van der Waals surface area (Å²) in [6, 6.07) is 7.73. The molecule has 0 bridgehead atoms. The van der Waals surface area contributed by atoms with Crippen LogP contribution in [0.15, 0.2) is 24.3 Å². The molecule has 1 aromatic carbocycles. The van der Waals surface area contributed by atoms with Crippen LogP contribution in [-0.2, 0) is 11.2 Å². The second-order valence-electron chi connectivity index (χ2n) is 5.51. The molecule has 4 heteroatoms.